The molecule has 0 bridgehead atoms. The first-order valence-electron chi connectivity index (χ1n) is 15.1. The minimum Gasteiger partial charge on any atom is -0.387 e. The van der Waals surface area contributed by atoms with E-state index >= 15 is 0 Å². The zero-order valence-corrected chi connectivity index (χ0v) is 31.2. The van der Waals surface area contributed by atoms with Crippen LogP contribution in [-0.2, 0) is 49.7 Å². The highest BCUT2D eigenvalue weighted by atomic mass is 31.3. The Kier molecular flexibility index (Phi) is 13.0. The van der Waals surface area contributed by atoms with Crippen molar-refractivity contribution in [1.82, 2.24) is 29.1 Å². The summed E-state index contributed by atoms with van der Waals surface area (Å²) in [6.07, 6.45) is -9.87. The average molecular weight is 884 g/mol. The summed E-state index contributed by atoms with van der Waals surface area (Å²) in [5.41, 5.74) is 7.59. The molecule has 0 radical (unpaired) electrons. The third-order valence-corrected chi connectivity index (χ3v) is 13.4. The van der Waals surface area contributed by atoms with Crippen LogP contribution in [0.15, 0.2) is 33.0 Å². The molecule has 5 heterocycles. The molecule has 0 aliphatic carbocycles. The molecule has 8 unspecified atom stereocenters. The van der Waals surface area contributed by atoms with E-state index in [1.807, 2.05) is 4.98 Å². The lowest BCUT2D eigenvalue weighted by atomic mass is 10.1. The number of H-pyrrole nitrogens is 2. The van der Waals surface area contributed by atoms with Crippen LogP contribution in [0.25, 0.3) is 17.2 Å². The first-order chi connectivity index (χ1) is 25.9. The number of phosphoric ester groups is 2. The lowest BCUT2D eigenvalue weighted by molar-refractivity contribution is -0.0542. The number of imidazole rings is 1. The van der Waals surface area contributed by atoms with Crippen LogP contribution in [0.2, 0.25) is 0 Å². The van der Waals surface area contributed by atoms with Gasteiger partial charge in [0.25, 0.3) is 11.1 Å². The number of aromatic amines is 2. The normalized spacial score (nSPS) is 29.9. The second-order valence-electron chi connectivity index (χ2n) is 11.5. The van der Waals surface area contributed by atoms with Gasteiger partial charge in [-0.25, -0.2) is 28.0 Å². The highest BCUT2D eigenvalue weighted by molar-refractivity contribution is 7.69. The fourth-order valence-electron chi connectivity index (χ4n) is 5.13. The van der Waals surface area contributed by atoms with Crippen molar-refractivity contribution in [3.8, 4) is 0 Å². The Morgan fingerprint density at radius 2 is 1.27 bits per heavy atom. The number of anilines is 1. The predicted octanol–water partition coefficient (Wildman–Crippen LogP) is -4.05. The van der Waals surface area contributed by atoms with Crippen molar-refractivity contribution < 1.29 is 89.7 Å². The largest absolute Gasteiger partial charge is 0.490 e. The number of phosphoric acid groups is 4. The summed E-state index contributed by atoms with van der Waals surface area (Å²) in [6.45, 7) is -2.41. The monoisotopic (exact) mass is 884 g/mol. The van der Waals surface area contributed by atoms with Gasteiger partial charge >= 0.3 is 37.0 Å². The van der Waals surface area contributed by atoms with Gasteiger partial charge in [-0.3, -0.25) is 37.7 Å². The quantitative estimate of drug-likeness (QED) is 0.0609. The van der Waals surface area contributed by atoms with Gasteiger partial charge in [-0.2, -0.15) is 17.9 Å². The maximum absolute atomic E-state index is 12.4. The minimum absolute atomic E-state index is 0.0118. The number of aliphatic hydroxyl groups excluding tert-OH is 4. The highest BCUT2D eigenvalue weighted by Gasteiger charge is 2.50. The second kappa shape index (κ2) is 16.6. The van der Waals surface area contributed by atoms with E-state index in [1.165, 1.54) is 12.2 Å². The molecule has 0 aromatic carbocycles. The highest BCUT2D eigenvalue weighted by Crippen LogP contribution is 2.71. The SMILES string of the molecule is NC/C=C/c1cn([C@H]2O[C@@H](COP(=O)(O)OP(=O)(O)OP(=O)(O)OP(=O)(O)OC[C@@H]3O[C@H](n4cnc5c(=O)[nH]c(N)nc54)C(O)C3O)C(O)C2O)c(=O)[nH]c1=O. The molecule has 2 fully saturated rings. The van der Waals surface area contributed by atoms with Crippen molar-refractivity contribution in [2.45, 2.75) is 49.1 Å². The van der Waals surface area contributed by atoms with E-state index in [1.54, 1.807) is 0 Å². The van der Waals surface area contributed by atoms with Gasteiger partial charge in [-0.1, -0.05) is 12.2 Å². The maximum Gasteiger partial charge on any atom is 0.490 e. The molecule has 12 atom stereocenters. The Labute approximate surface area is 308 Å². The number of aliphatic hydroxyl groups is 4. The van der Waals surface area contributed by atoms with Crippen LogP contribution >= 0.6 is 31.3 Å². The molecule has 3 aromatic rings. The molecular formula is C22H32N8O22P4. The molecule has 2 aliphatic heterocycles. The van der Waals surface area contributed by atoms with Crippen LogP contribution < -0.4 is 28.3 Å². The van der Waals surface area contributed by atoms with Gasteiger partial charge in [0.1, 0.15) is 36.6 Å². The molecule has 14 N–H and O–H groups in total. The summed E-state index contributed by atoms with van der Waals surface area (Å²) in [7, 11) is -24.3. The van der Waals surface area contributed by atoms with E-state index in [-0.39, 0.29) is 29.2 Å². The van der Waals surface area contributed by atoms with Crippen molar-refractivity contribution in [2.75, 3.05) is 25.5 Å². The number of fused-ring (bicyclic) bond motifs is 1. The topological polar surface area (TPSA) is 465 Å². The van der Waals surface area contributed by atoms with Gasteiger partial charge in [0.2, 0.25) is 5.95 Å². The molecule has 0 amide bonds. The fourth-order valence-corrected chi connectivity index (χ4v) is 10.1. The first kappa shape index (κ1) is 44.0. The third kappa shape index (κ3) is 10.1. The lowest BCUT2D eigenvalue weighted by Gasteiger charge is -2.21. The van der Waals surface area contributed by atoms with Gasteiger partial charge in [-0.15, -0.1) is 0 Å². The number of aromatic nitrogens is 6. The van der Waals surface area contributed by atoms with E-state index in [2.05, 4.69) is 36.9 Å². The fraction of sp³-hybridized carbons (Fsp3) is 0.500. The van der Waals surface area contributed by atoms with E-state index in [0.29, 0.717) is 4.57 Å². The lowest BCUT2D eigenvalue weighted by Crippen LogP contribution is -2.38. The number of nitrogen functional groups attached to an aromatic ring is 1. The molecule has 0 saturated carbocycles. The predicted molar refractivity (Wildman–Crippen MR) is 178 cm³/mol. The number of ether oxygens (including phenoxy) is 2. The average Bonchev–Trinajstić information content (AvgIpc) is 3.70. The summed E-state index contributed by atoms with van der Waals surface area (Å²) in [5.74, 6) is -0.345. The molecule has 312 valence electrons. The Morgan fingerprint density at radius 1 is 0.768 bits per heavy atom. The van der Waals surface area contributed by atoms with Crippen LogP contribution in [0.1, 0.15) is 18.0 Å². The summed E-state index contributed by atoms with van der Waals surface area (Å²) < 4.78 is 82.3. The Morgan fingerprint density at radius 3 is 1.79 bits per heavy atom. The Balaban J connectivity index is 1.15. The van der Waals surface area contributed by atoms with Gasteiger partial charge in [-0.05, 0) is 0 Å². The number of nitrogens with two attached hydrogens (primary N) is 2. The van der Waals surface area contributed by atoms with Gasteiger partial charge in [0, 0.05) is 12.7 Å². The van der Waals surface area contributed by atoms with Crippen molar-refractivity contribution in [1.29, 1.82) is 0 Å². The van der Waals surface area contributed by atoms with Crippen LogP contribution in [0.3, 0.4) is 0 Å². The third-order valence-electron chi connectivity index (χ3n) is 7.53. The van der Waals surface area contributed by atoms with E-state index < -0.39 is 110 Å². The number of hydrogen-bond donors (Lipinski definition) is 12. The molecule has 2 saturated heterocycles. The van der Waals surface area contributed by atoms with Crippen LogP contribution in [-0.4, -0.2) is 125 Å². The summed E-state index contributed by atoms with van der Waals surface area (Å²) >= 11 is 0. The molecule has 3 aromatic heterocycles. The second-order valence-corrected chi connectivity index (χ2v) is 17.7. The Bertz CT molecular complexity index is 2350. The zero-order chi connectivity index (χ0) is 41.5. The molecule has 2 aliphatic rings. The van der Waals surface area contributed by atoms with Crippen molar-refractivity contribution >= 4 is 54.5 Å². The van der Waals surface area contributed by atoms with Crippen molar-refractivity contribution in [3.63, 3.8) is 0 Å². The van der Waals surface area contributed by atoms with E-state index in [0.717, 1.165) is 17.1 Å². The zero-order valence-electron chi connectivity index (χ0n) is 27.6. The smallest absolute Gasteiger partial charge is 0.387 e. The minimum atomic E-state index is -6.27. The molecular weight excluding hydrogens is 852 g/mol. The summed E-state index contributed by atoms with van der Waals surface area (Å²) in [5, 5.41) is 41.7. The molecule has 56 heavy (non-hydrogen) atoms. The summed E-state index contributed by atoms with van der Waals surface area (Å²) in [6, 6.07) is 0. The van der Waals surface area contributed by atoms with Crippen LogP contribution in [0, 0.1) is 0 Å². The number of nitrogens with zero attached hydrogens (tertiary/aromatic N) is 4. The maximum atomic E-state index is 12.4. The number of nitrogens with one attached hydrogen (secondary N) is 2. The van der Waals surface area contributed by atoms with Gasteiger partial charge < -0.3 is 60.9 Å². The van der Waals surface area contributed by atoms with Crippen LogP contribution in [0.5, 0.6) is 0 Å². The molecule has 34 heteroatoms. The van der Waals surface area contributed by atoms with Gasteiger partial charge in [0.05, 0.1) is 25.1 Å². The first-order valence-corrected chi connectivity index (χ1v) is 21.1. The van der Waals surface area contributed by atoms with Crippen molar-refractivity contribution in [3.05, 3.63) is 55.4 Å². The van der Waals surface area contributed by atoms with Gasteiger partial charge in [0.15, 0.2) is 23.6 Å². The van der Waals surface area contributed by atoms with Crippen LogP contribution in [0.4, 0.5) is 5.95 Å². The van der Waals surface area contributed by atoms with Crippen molar-refractivity contribution in [2.24, 2.45) is 5.73 Å². The molecule has 0 spiro atoms. The number of rotatable bonds is 16. The number of hydrogen-bond acceptors (Lipinski definition) is 22. The Hall–Kier alpha value is -3.15. The summed E-state index contributed by atoms with van der Waals surface area (Å²) in [4.78, 5) is 87.8. The van der Waals surface area contributed by atoms with E-state index in [4.69, 9.17) is 20.9 Å². The molecule has 30 nitrogen and oxygen atoms in total. The molecule has 5 rings (SSSR count). The van der Waals surface area contributed by atoms with E-state index in [9.17, 15) is 72.6 Å². The standard InChI is InChI=1S/C22H32N8O22P4/c23-3-1-2-8-4-29(22(37)28-17(8)35)19-14(33)12(31)9(48-19)5-46-53(38,39)50-55(42,43)52-56(44,45)51-54(40,41)47-6-10-13(32)15(34)20(49-10)30-7-25-11-16(30)26-21(24)27-18(11)36/h1-2,4,7,9-10,12-15,19-20,31-34H,3,5-6,23H2,(H,38,39)(H,40,41)(H,42,43)(H,44,45)(H,28,35,37)(H3,24,26,27,36)/b2-1+/t9-,10-,12?,13?,14?,15?,19-,20-/m0/s1.